The molecule has 1 fully saturated rings. The molecule has 1 aliphatic rings. The van der Waals surface area contributed by atoms with Gasteiger partial charge in [0, 0.05) is 5.54 Å². The summed E-state index contributed by atoms with van der Waals surface area (Å²) in [4.78, 5) is 0. The van der Waals surface area contributed by atoms with Crippen LogP contribution < -0.4 is 5.73 Å². The molecule has 0 spiro atoms. The molecule has 0 aromatic heterocycles. The molecule has 0 saturated heterocycles. The van der Waals surface area contributed by atoms with Crippen LogP contribution in [0.15, 0.2) is 0 Å². The van der Waals surface area contributed by atoms with Crippen LogP contribution in [0.4, 0.5) is 0 Å². The van der Waals surface area contributed by atoms with Crippen molar-refractivity contribution >= 4 is 0 Å². The molecule has 0 radical (unpaired) electrons. The number of nitrogens with two attached hydrogens (primary N) is 1. The Morgan fingerprint density at radius 2 is 1.91 bits per heavy atom. The second-order valence-corrected chi connectivity index (χ2v) is 4.54. The monoisotopic (exact) mass is 155 g/mol. The number of hydrogen-bond acceptors (Lipinski definition) is 1. The first-order valence-corrected chi connectivity index (χ1v) is 4.89. The summed E-state index contributed by atoms with van der Waals surface area (Å²) in [5.41, 5.74) is 6.24. The van der Waals surface area contributed by atoms with E-state index in [0.29, 0.717) is 0 Å². The first-order chi connectivity index (χ1) is 5.10. The van der Waals surface area contributed by atoms with E-state index in [1.165, 1.54) is 38.5 Å². The third-order valence-corrected chi connectivity index (χ3v) is 2.90. The van der Waals surface area contributed by atoms with Crippen LogP contribution in [-0.2, 0) is 0 Å². The fraction of sp³-hybridized carbons (Fsp3) is 1.00. The Bertz CT molecular complexity index is 118. The lowest BCUT2D eigenvalue weighted by molar-refractivity contribution is 0.301. The van der Waals surface area contributed by atoms with Crippen molar-refractivity contribution in [3.05, 3.63) is 0 Å². The standard InChI is InChI=1S/C10H21N/c1-9-5-3-4-7-10(2,11)8-6-9/h9H,3-8,11H2,1-2H3. The van der Waals surface area contributed by atoms with Crippen molar-refractivity contribution in [2.45, 2.75) is 57.9 Å². The van der Waals surface area contributed by atoms with Crippen LogP contribution in [0.1, 0.15) is 52.4 Å². The fourth-order valence-corrected chi connectivity index (χ4v) is 1.87. The molecule has 1 aliphatic carbocycles. The van der Waals surface area contributed by atoms with Gasteiger partial charge in [0.05, 0.1) is 0 Å². The Kier molecular flexibility index (Phi) is 2.94. The van der Waals surface area contributed by atoms with E-state index >= 15 is 0 Å². The molecular formula is C10H21N. The van der Waals surface area contributed by atoms with E-state index in [0.717, 1.165) is 5.92 Å². The van der Waals surface area contributed by atoms with Crippen LogP contribution in [-0.4, -0.2) is 5.54 Å². The average Bonchev–Trinajstić information content (AvgIpc) is 1.92. The Balaban J connectivity index is 2.38. The molecule has 1 rings (SSSR count). The summed E-state index contributed by atoms with van der Waals surface area (Å²) in [6, 6.07) is 0. The molecule has 0 aromatic rings. The van der Waals surface area contributed by atoms with Gasteiger partial charge in [0.25, 0.3) is 0 Å². The molecule has 0 heterocycles. The van der Waals surface area contributed by atoms with Crippen LogP contribution in [0.25, 0.3) is 0 Å². The average molecular weight is 155 g/mol. The van der Waals surface area contributed by atoms with Crippen molar-refractivity contribution in [3.8, 4) is 0 Å². The van der Waals surface area contributed by atoms with Crippen LogP contribution in [0.5, 0.6) is 0 Å². The van der Waals surface area contributed by atoms with Gasteiger partial charge in [-0.25, -0.2) is 0 Å². The van der Waals surface area contributed by atoms with Crippen molar-refractivity contribution < 1.29 is 0 Å². The highest BCUT2D eigenvalue weighted by Gasteiger charge is 2.20. The third-order valence-electron chi connectivity index (χ3n) is 2.90. The highest BCUT2D eigenvalue weighted by Crippen LogP contribution is 2.26. The van der Waals surface area contributed by atoms with Gasteiger partial charge in [0.15, 0.2) is 0 Å². The van der Waals surface area contributed by atoms with Crippen molar-refractivity contribution in [1.82, 2.24) is 0 Å². The maximum absolute atomic E-state index is 6.11. The smallest absolute Gasteiger partial charge is 0.0126 e. The van der Waals surface area contributed by atoms with Gasteiger partial charge in [0.1, 0.15) is 0 Å². The summed E-state index contributed by atoms with van der Waals surface area (Å²) < 4.78 is 0. The second kappa shape index (κ2) is 3.57. The van der Waals surface area contributed by atoms with E-state index in [2.05, 4.69) is 13.8 Å². The maximum Gasteiger partial charge on any atom is 0.0126 e. The summed E-state index contributed by atoms with van der Waals surface area (Å²) in [6.07, 6.45) is 7.89. The Morgan fingerprint density at radius 1 is 1.18 bits per heavy atom. The van der Waals surface area contributed by atoms with Crippen LogP contribution in [0.3, 0.4) is 0 Å². The highest BCUT2D eigenvalue weighted by molar-refractivity contribution is 4.80. The van der Waals surface area contributed by atoms with Gasteiger partial charge in [-0.1, -0.05) is 26.2 Å². The molecule has 1 heteroatoms. The molecule has 0 aromatic carbocycles. The largest absolute Gasteiger partial charge is 0.325 e. The Labute approximate surface area is 70.4 Å². The summed E-state index contributed by atoms with van der Waals surface area (Å²) in [5.74, 6) is 0.901. The topological polar surface area (TPSA) is 26.0 Å². The Hall–Kier alpha value is -0.0400. The molecule has 0 aliphatic heterocycles. The lowest BCUT2D eigenvalue weighted by Gasteiger charge is -2.28. The molecule has 66 valence electrons. The zero-order valence-electron chi connectivity index (χ0n) is 7.90. The molecule has 2 unspecified atom stereocenters. The van der Waals surface area contributed by atoms with Gasteiger partial charge < -0.3 is 5.73 Å². The van der Waals surface area contributed by atoms with E-state index in [4.69, 9.17) is 5.73 Å². The van der Waals surface area contributed by atoms with Gasteiger partial charge in [-0.05, 0) is 32.1 Å². The fourth-order valence-electron chi connectivity index (χ4n) is 1.87. The predicted octanol–water partition coefficient (Wildman–Crippen LogP) is 2.69. The molecule has 2 atom stereocenters. The van der Waals surface area contributed by atoms with E-state index in [-0.39, 0.29) is 5.54 Å². The third kappa shape index (κ3) is 3.24. The van der Waals surface area contributed by atoms with Crippen molar-refractivity contribution in [2.75, 3.05) is 0 Å². The molecule has 1 nitrogen and oxygen atoms in total. The molecule has 11 heavy (non-hydrogen) atoms. The summed E-state index contributed by atoms with van der Waals surface area (Å²) in [5, 5.41) is 0. The van der Waals surface area contributed by atoms with E-state index in [9.17, 15) is 0 Å². The normalized spacial score (nSPS) is 41.2. The first-order valence-electron chi connectivity index (χ1n) is 4.89. The Morgan fingerprint density at radius 3 is 2.64 bits per heavy atom. The number of rotatable bonds is 0. The van der Waals surface area contributed by atoms with Gasteiger partial charge in [-0.3, -0.25) is 0 Å². The van der Waals surface area contributed by atoms with Crippen LogP contribution >= 0.6 is 0 Å². The van der Waals surface area contributed by atoms with Gasteiger partial charge in [0.2, 0.25) is 0 Å². The van der Waals surface area contributed by atoms with Crippen molar-refractivity contribution in [2.24, 2.45) is 11.7 Å². The molecule has 2 N–H and O–H groups in total. The van der Waals surface area contributed by atoms with Crippen LogP contribution in [0.2, 0.25) is 0 Å². The van der Waals surface area contributed by atoms with Gasteiger partial charge in [-0.15, -0.1) is 0 Å². The van der Waals surface area contributed by atoms with Crippen molar-refractivity contribution in [3.63, 3.8) is 0 Å². The number of hydrogen-bond donors (Lipinski definition) is 1. The minimum absolute atomic E-state index is 0.134. The highest BCUT2D eigenvalue weighted by atomic mass is 14.7. The lowest BCUT2D eigenvalue weighted by Crippen LogP contribution is -2.37. The summed E-state index contributed by atoms with van der Waals surface area (Å²) >= 11 is 0. The van der Waals surface area contributed by atoms with E-state index in [1.807, 2.05) is 0 Å². The zero-order valence-corrected chi connectivity index (χ0v) is 7.90. The quantitative estimate of drug-likeness (QED) is 0.572. The molecule has 1 saturated carbocycles. The molecular weight excluding hydrogens is 134 g/mol. The van der Waals surface area contributed by atoms with Crippen LogP contribution in [0, 0.1) is 5.92 Å². The second-order valence-electron chi connectivity index (χ2n) is 4.54. The predicted molar refractivity (Wildman–Crippen MR) is 49.5 cm³/mol. The SMILES string of the molecule is CC1CCCCC(C)(N)CC1. The molecule has 0 bridgehead atoms. The minimum atomic E-state index is 0.134. The molecule has 0 amide bonds. The van der Waals surface area contributed by atoms with Gasteiger partial charge in [-0.2, -0.15) is 0 Å². The summed E-state index contributed by atoms with van der Waals surface area (Å²) in [6.45, 7) is 4.55. The zero-order chi connectivity index (χ0) is 8.32. The summed E-state index contributed by atoms with van der Waals surface area (Å²) in [7, 11) is 0. The van der Waals surface area contributed by atoms with Crippen molar-refractivity contribution in [1.29, 1.82) is 0 Å². The van der Waals surface area contributed by atoms with E-state index in [1.54, 1.807) is 0 Å². The van der Waals surface area contributed by atoms with Gasteiger partial charge >= 0.3 is 0 Å². The minimum Gasteiger partial charge on any atom is -0.325 e. The maximum atomic E-state index is 6.11. The first kappa shape index (κ1) is 9.05. The lowest BCUT2D eigenvalue weighted by atomic mass is 9.83. The van der Waals surface area contributed by atoms with E-state index < -0.39 is 0 Å².